The van der Waals surface area contributed by atoms with Gasteiger partial charge in [-0.1, -0.05) is 5.10 Å². The van der Waals surface area contributed by atoms with Crippen molar-refractivity contribution in [1.82, 2.24) is 50.3 Å². The van der Waals surface area contributed by atoms with Crippen LogP contribution in [0.15, 0.2) is 12.1 Å². The van der Waals surface area contributed by atoms with Crippen LogP contribution < -0.4 is 5.32 Å². The fraction of sp³-hybridized carbons (Fsp3) is 0.429. The molecule has 0 fully saturated rings. The van der Waals surface area contributed by atoms with Crippen LogP contribution in [0.4, 0.5) is 19.1 Å². The van der Waals surface area contributed by atoms with E-state index in [1.165, 1.54) is 16.5 Å². The molecule has 0 spiro atoms. The summed E-state index contributed by atoms with van der Waals surface area (Å²) in [5.74, 6) is -0.277. The standard InChI is InChI=1S/C14H16F3N11O/c1-26(7-11-20-24-28(3)22-11)6-9-8(4-5-10(18-9)14(15,16)17)12(29)19-13-21-23-25-27(13)2/h4-5H,6-7H2,1-3H3,(H,19,21,25,29). The highest BCUT2D eigenvalue weighted by Gasteiger charge is 2.33. The summed E-state index contributed by atoms with van der Waals surface area (Å²) in [6.45, 7) is 0.127. The number of carbonyl (C=O) groups excluding carboxylic acids is 1. The number of hydrogen-bond donors (Lipinski definition) is 1. The van der Waals surface area contributed by atoms with E-state index in [-0.39, 0.29) is 30.3 Å². The zero-order valence-corrected chi connectivity index (χ0v) is 15.6. The van der Waals surface area contributed by atoms with E-state index in [4.69, 9.17) is 0 Å². The van der Waals surface area contributed by atoms with Crippen LogP contribution in [0.2, 0.25) is 0 Å². The Bertz CT molecular complexity index is 1010. The van der Waals surface area contributed by atoms with Gasteiger partial charge in [0.25, 0.3) is 5.91 Å². The second-order valence-electron chi connectivity index (χ2n) is 6.14. The summed E-state index contributed by atoms with van der Waals surface area (Å²) in [5, 5.41) is 24.6. The maximum atomic E-state index is 13.1. The molecule has 12 nitrogen and oxygen atoms in total. The average Bonchev–Trinajstić information content (AvgIpc) is 3.22. The van der Waals surface area contributed by atoms with E-state index in [0.717, 1.165) is 12.1 Å². The van der Waals surface area contributed by atoms with Gasteiger partial charge in [0.2, 0.25) is 5.95 Å². The first-order chi connectivity index (χ1) is 13.6. The summed E-state index contributed by atoms with van der Waals surface area (Å²) in [6, 6.07) is 1.82. The number of hydrogen-bond acceptors (Lipinski definition) is 9. The summed E-state index contributed by atoms with van der Waals surface area (Å²) < 4.78 is 40.5. The number of halogens is 3. The molecular formula is C14H16F3N11O. The van der Waals surface area contributed by atoms with Gasteiger partial charge >= 0.3 is 6.18 Å². The molecule has 15 heteroatoms. The quantitative estimate of drug-likeness (QED) is 0.596. The Morgan fingerprint density at radius 3 is 2.52 bits per heavy atom. The molecule has 3 heterocycles. The van der Waals surface area contributed by atoms with Crippen LogP contribution in [0, 0.1) is 0 Å². The van der Waals surface area contributed by atoms with Crippen LogP contribution in [-0.2, 0) is 33.4 Å². The molecule has 1 amide bonds. The van der Waals surface area contributed by atoms with Gasteiger partial charge in [-0.05, 0) is 34.8 Å². The lowest BCUT2D eigenvalue weighted by atomic mass is 10.1. The van der Waals surface area contributed by atoms with Crippen LogP contribution in [-0.4, -0.2) is 63.3 Å². The zero-order valence-electron chi connectivity index (χ0n) is 15.6. The Hall–Kier alpha value is -3.49. The van der Waals surface area contributed by atoms with E-state index < -0.39 is 17.8 Å². The smallest absolute Gasteiger partial charge is 0.293 e. The second-order valence-corrected chi connectivity index (χ2v) is 6.14. The van der Waals surface area contributed by atoms with Crippen LogP contribution in [0.25, 0.3) is 0 Å². The van der Waals surface area contributed by atoms with Gasteiger partial charge in [0.1, 0.15) is 5.69 Å². The molecule has 0 bridgehead atoms. The number of pyridine rings is 1. The lowest BCUT2D eigenvalue weighted by Crippen LogP contribution is -2.24. The fourth-order valence-electron chi connectivity index (χ4n) is 2.43. The molecule has 29 heavy (non-hydrogen) atoms. The van der Waals surface area contributed by atoms with Crippen molar-refractivity contribution in [3.05, 3.63) is 34.9 Å². The largest absolute Gasteiger partial charge is 0.433 e. The van der Waals surface area contributed by atoms with E-state index in [9.17, 15) is 18.0 Å². The predicted molar refractivity (Wildman–Crippen MR) is 90.0 cm³/mol. The van der Waals surface area contributed by atoms with E-state index in [2.05, 4.69) is 41.2 Å². The molecule has 154 valence electrons. The SMILES string of the molecule is CN(Cc1nnn(C)n1)Cc1nc(C(F)(F)F)ccc1C(=O)Nc1nnnn1C. The number of rotatable bonds is 6. The first kappa shape index (κ1) is 20.2. The summed E-state index contributed by atoms with van der Waals surface area (Å²) in [4.78, 5) is 19.1. The van der Waals surface area contributed by atoms with Crippen LogP contribution in [0.5, 0.6) is 0 Å². The maximum absolute atomic E-state index is 13.1. The Morgan fingerprint density at radius 1 is 1.17 bits per heavy atom. The first-order valence-corrected chi connectivity index (χ1v) is 8.15. The minimum atomic E-state index is -4.65. The van der Waals surface area contributed by atoms with E-state index in [1.54, 1.807) is 19.0 Å². The van der Waals surface area contributed by atoms with Crippen molar-refractivity contribution in [3.8, 4) is 0 Å². The molecule has 0 atom stereocenters. The molecule has 3 aromatic rings. The molecule has 0 unspecified atom stereocenters. The molecule has 0 radical (unpaired) electrons. The number of aryl methyl sites for hydroxylation is 2. The Balaban J connectivity index is 1.86. The summed E-state index contributed by atoms with van der Waals surface area (Å²) in [6.07, 6.45) is -4.65. The van der Waals surface area contributed by atoms with Crippen molar-refractivity contribution in [1.29, 1.82) is 0 Å². The van der Waals surface area contributed by atoms with Gasteiger partial charge < -0.3 is 0 Å². The van der Waals surface area contributed by atoms with Gasteiger partial charge in [-0.2, -0.15) is 18.0 Å². The molecule has 0 aliphatic rings. The van der Waals surface area contributed by atoms with Gasteiger partial charge in [0.15, 0.2) is 5.82 Å². The molecule has 0 aliphatic heterocycles. The van der Waals surface area contributed by atoms with Gasteiger partial charge in [0.05, 0.1) is 24.8 Å². The van der Waals surface area contributed by atoms with Crippen molar-refractivity contribution in [2.24, 2.45) is 14.1 Å². The monoisotopic (exact) mass is 411 g/mol. The van der Waals surface area contributed by atoms with Crippen molar-refractivity contribution in [2.75, 3.05) is 12.4 Å². The number of alkyl halides is 3. The van der Waals surface area contributed by atoms with E-state index in [1.807, 2.05) is 0 Å². The predicted octanol–water partition coefficient (Wildman–Crippen LogP) is 0.0317. The number of nitrogens with zero attached hydrogens (tertiary/aromatic N) is 10. The summed E-state index contributed by atoms with van der Waals surface area (Å²) >= 11 is 0. The summed E-state index contributed by atoms with van der Waals surface area (Å²) in [7, 11) is 4.73. The van der Waals surface area contributed by atoms with Crippen molar-refractivity contribution in [3.63, 3.8) is 0 Å². The normalized spacial score (nSPS) is 11.8. The maximum Gasteiger partial charge on any atom is 0.433 e. The van der Waals surface area contributed by atoms with Crippen molar-refractivity contribution >= 4 is 11.9 Å². The molecule has 1 N–H and O–H groups in total. The molecular weight excluding hydrogens is 395 g/mol. The van der Waals surface area contributed by atoms with Gasteiger partial charge in [-0.3, -0.25) is 15.0 Å². The van der Waals surface area contributed by atoms with Crippen molar-refractivity contribution in [2.45, 2.75) is 19.3 Å². The highest BCUT2D eigenvalue weighted by atomic mass is 19.4. The van der Waals surface area contributed by atoms with Gasteiger partial charge in [-0.15, -0.1) is 10.2 Å². The molecule has 0 saturated carbocycles. The van der Waals surface area contributed by atoms with Crippen LogP contribution in [0.1, 0.15) is 27.6 Å². The topological polar surface area (TPSA) is 132 Å². The Morgan fingerprint density at radius 2 is 1.93 bits per heavy atom. The lowest BCUT2D eigenvalue weighted by molar-refractivity contribution is -0.141. The zero-order chi connectivity index (χ0) is 21.2. The highest BCUT2D eigenvalue weighted by molar-refractivity contribution is 6.04. The minimum absolute atomic E-state index is 0.0398. The lowest BCUT2D eigenvalue weighted by Gasteiger charge is -2.17. The van der Waals surface area contributed by atoms with Crippen molar-refractivity contribution < 1.29 is 18.0 Å². The third-order valence-electron chi connectivity index (χ3n) is 3.74. The van der Waals surface area contributed by atoms with Crippen LogP contribution >= 0.6 is 0 Å². The highest BCUT2D eigenvalue weighted by Crippen LogP contribution is 2.28. The van der Waals surface area contributed by atoms with Crippen LogP contribution in [0.3, 0.4) is 0 Å². The third kappa shape index (κ3) is 4.87. The van der Waals surface area contributed by atoms with Gasteiger partial charge in [-0.25, -0.2) is 9.67 Å². The molecule has 0 aliphatic carbocycles. The number of carbonyl (C=O) groups is 1. The minimum Gasteiger partial charge on any atom is -0.293 e. The number of amides is 1. The first-order valence-electron chi connectivity index (χ1n) is 8.15. The van der Waals surface area contributed by atoms with E-state index >= 15 is 0 Å². The van der Waals surface area contributed by atoms with Gasteiger partial charge in [0, 0.05) is 13.6 Å². The Kier molecular flexibility index (Phi) is 5.49. The number of nitrogens with one attached hydrogen (secondary N) is 1. The summed E-state index contributed by atoms with van der Waals surface area (Å²) in [5.41, 5.74) is -1.21. The molecule has 3 aromatic heterocycles. The number of tetrazole rings is 2. The molecule has 0 saturated heterocycles. The number of anilines is 1. The third-order valence-corrected chi connectivity index (χ3v) is 3.74. The number of aromatic nitrogens is 9. The second kappa shape index (κ2) is 7.86. The molecule has 0 aromatic carbocycles. The fourth-order valence-corrected chi connectivity index (χ4v) is 2.43. The Labute approximate surface area is 161 Å². The molecule has 3 rings (SSSR count). The average molecular weight is 411 g/mol. The van der Waals surface area contributed by atoms with E-state index in [0.29, 0.717) is 5.82 Å².